The quantitative estimate of drug-likeness (QED) is 0.742. The lowest BCUT2D eigenvalue weighted by atomic mass is 10.0. The molecule has 2 unspecified atom stereocenters. The van der Waals surface area contributed by atoms with E-state index in [1.165, 1.54) is 0 Å². The third-order valence-corrected chi connectivity index (χ3v) is 3.83. The smallest absolute Gasteiger partial charge is 0.119 e. The summed E-state index contributed by atoms with van der Waals surface area (Å²) in [4.78, 5) is 0. The van der Waals surface area contributed by atoms with Gasteiger partial charge in [0.1, 0.15) is 5.75 Å². The van der Waals surface area contributed by atoms with Crippen LogP contribution in [0.15, 0.2) is 24.3 Å². The number of benzene rings is 1. The molecule has 1 saturated carbocycles. The minimum absolute atomic E-state index is 0.453. The molecule has 100 valence electrons. The van der Waals surface area contributed by atoms with Crippen LogP contribution in [0, 0.1) is 5.92 Å². The average molecular weight is 248 g/mol. The molecule has 18 heavy (non-hydrogen) atoms. The highest BCUT2D eigenvalue weighted by Gasteiger charge is 2.53. The standard InChI is InChI=1S/C16H24O2/c1-3-5-11-18-15-9-7-13(8-10-15)16(17)12-14(16)6-4-2/h7-10,14,17H,3-6,11-12H2,1-2H3. The fraction of sp³-hybridized carbons (Fsp3) is 0.625. The summed E-state index contributed by atoms with van der Waals surface area (Å²) in [5.74, 6) is 1.36. The Kier molecular flexibility index (Phi) is 4.28. The first-order valence-corrected chi connectivity index (χ1v) is 7.16. The fourth-order valence-electron chi connectivity index (χ4n) is 2.53. The summed E-state index contributed by atoms with van der Waals surface area (Å²) in [6, 6.07) is 7.97. The van der Waals surface area contributed by atoms with E-state index in [-0.39, 0.29) is 0 Å². The average Bonchev–Trinajstić information content (AvgIpc) is 3.03. The molecular weight excluding hydrogens is 224 g/mol. The number of unbranched alkanes of at least 4 members (excludes halogenated alkanes) is 1. The maximum atomic E-state index is 10.5. The van der Waals surface area contributed by atoms with Crippen LogP contribution >= 0.6 is 0 Å². The van der Waals surface area contributed by atoms with E-state index < -0.39 is 5.60 Å². The van der Waals surface area contributed by atoms with E-state index in [9.17, 15) is 5.11 Å². The van der Waals surface area contributed by atoms with Gasteiger partial charge in [-0.05, 0) is 42.9 Å². The molecule has 0 amide bonds. The highest BCUT2D eigenvalue weighted by atomic mass is 16.5. The van der Waals surface area contributed by atoms with Gasteiger partial charge in [0, 0.05) is 0 Å². The minimum atomic E-state index is -0.558. The van der Waals surface area contributed by atoms with Gasteiger partial charge in [-0.1, -0.05) is 38.8 Å². The second-order valence-corrected chi connectivity index (χ2v) is 5.34. The van der Waals surface area contributed by atoms with Gasteiger partial charge in [0.15, 0.2) is 0 Å². The molecule has 0 saturated heterocycles. The van der Waals surface area contributed by atoms with Crippen molar-refractivity contribution >= 4 is 0 Å². The van der Waals surface area contributed by atoms with Crippen molar-refractivity contribution in [2.45, 2.75) is 51.6 Å². The van der Waals surface area contributed by atoms with Crippen molar-refractivity contribution in [3.8, 4) is 5.75 Å². The van der Waals surface area contributed by atoms with Gasteiger partial charge in [0.05, 0.1) is 12.2 Å². The van der Waals surface area contributed by atoms with E-state index >= 15 is 0 Å². The number of ether oxygens (including phenoxy) is 1. The molecule has 1 aromatic carbocycles. The Bertz CT molecular complexity index is 371. The van der Waals surface area contributed by atoms with Crippen LogP contribution in [0.3, 0.4) is 0 Å². The molecule has 1 aromatic rings. The summed E-state index contributed by atoms with van der Waals surface area (Å²) in [5, 5.41) is 10.5. The lowest BCUT2D eigenvalue weighted by molar-refractivity contribution is 0.129. The maximum Gasteiger partial charge on any atom is 0.119 e. The molecule has 2 atom stereocenters. The van der Waals surface area contributed by atoms with Gasteiger partial charge in [0.2, 0.25) is 0 Å². The van der Waals surface area contributed by atoms with Crippen molar-refractivity contribution in [2.24, 2.45) is 5.92 Å². The summed E-state index contributed by atoms with van der Waals surface area (Å²) in [6.07, 6.45) is 5.41. The summed E-state index contributed by atoms with van der Waals surface area (Å²) < 4.78 is 5.63. The van der Waals surface area contributed by atoms with E-state index in [1.807, 2.05) is 24.3 Å². The Labute approximate surface area is 110 Å². The molecule has 0 heterocycles. The molecule has 1 aliphatic rings. The second-order valence-electron chi connectivity index (χ2n) is 5.34. The first-order valence-electron chi connectivity index (χ1n) is 7.16. The van der Waals surface area contributed by atoms with Gasteiger partial charge in [-0.2, -0.15) is 0 Å². The number of aliphatic hydroxyl groups is 1. The number of rotatable bonds is 7. The summed E-state index contributed by atoms with van der Waals surface area (Å²) in [7, 11) is 0. The molecule has 0 aromatic heterocycles. The highest BCUT2D eigenvalue weighted by molar-refractivity contribution is 5.34. The summed E-state index contributed by atoms with van der Waals surface area (Å²) >= 11 is 0. The topological polar surface area (TPSA) is 29.5 Å². The Morgan fingerprint density at radius 1 is 1.22 bits per heavy atom. The van der Waals surface area contributed by atoms with Crippen LogP contribution in [-0.2, 0) is 5.60 Å². The predicted octanol–water partition coefficient (Wildman–Crippen LogP) is 3.87. The molecule has 2 nitrogen and oxygen atoms in total. The predicted molar refractivity (Wildman–Crippen MR) is 73.8 cm³/mol. The van der Waals surface area contributed by atoms with Crippen LogP contribution < -0.4 is 4.74 Å². The number of hydrogen-bond donors (Lipinski definition) is 1. The van der Waals surface area contributed by atoms with Gasteiger partial charge in [-0.3, -0.25) is 0 Å². The van der Waals surface area contributed by atoms with Gasteiger partial charge >= 0.3 is 0 Å². The van der Waals surface area contributed by atoms with Crippen molar-refractivity contribution in [3.63, 3.8) is 0 Å². The second kappa shape index (κ2) is 5.75. The number of hydrogen-bond acceptors (Lipinski definition) is 2. The highest BCUT2D eigenvalue weighted by Crippen LogP contribution is 2.54. The molecule has 1 fully saturated rings. The zero-order valence-electron chi connectivity index (χ0n) is 11.5. The monoisotopic (exact) mass is 248 g/mol. The Hall–Kier alpha value is -1.02. The lowest BCUT2D eigenvalue weighted by Gasteiger charge is -2.12. The SMILES string of the molecule is CCCCOc1ccc(C2(O)CC2CCC)cc1. The summed E-state index contributed by atoms with van der Waals surface area (Å²) in [6.45, 7) is 5.10. The van der Waals surface area contributed by atoms with Gasteiger partial charge in [-0.25, -0.2) is 0 Å². The fourth-order valence-corrected chi connectivity index (χ4v) is 2.53. The Morgan fingerprint density at radius 2 is 1.94 bits per heavy atom. The summed E-state index contributed by atoms with van der Waals surface area (Å²) in [5.41, 5.74) is 0.488. The molecule has 1 aliphatic carbocycles. The molecule has 2 heteroatoms. The molecule has 0 aliphatic heterocycles. The van der Waals surface area contributed by atoms with E-state index in [2.05, 4.69) is 13.8 Å². The Balaban J connectivity index is 1.92. The molecule has 0 bridgehead atoms. The third-order valence-electron chi connectivity index (χ3n) is 3.83. The molecule has 2 rings (SSSR count). The third kappa shape index (κ3) is 2.86. The van der Waals surface area contributed by atoms with Gasteiger partial charge in [0.25, 0.3) is 0 Å². The van der Waals surface area contributed by atoms with Crippen LogP contribution in [0.25, 0.3) is 0 Å². The van der Waals surface area contributed by atoms with Crippen molar-refractivity contribution in [1.29, 1.82) is 0 Å². The van der Waals surface area contributed by atoms with E-state index in [0.29, 0.717) is 5.92 Å². The lowest BCUT2D eigenvalue weighted by Crippen LogP contribution is -2.08. The van der Waals surface area contributed by atoms with E-state index in [1.54, 1.807) is 0 Å². The maximum absolute atomic E-state index is 10.5. The van der Waals surface area contributed by atoms with Crippen LogP contribution in [0.2, 0.25) is 0 Å². The molecule has 0 spiro atoms. The largest absolute Gasteiger partial charge is 0.494 e. The van der Waals surface area contributed by atoms with E-state index in [0.717, 1.165) is 50.0 Å². The van der Waals surface area contributed by atoms with Crippen LogP contribution in [-0.4, -0.2) is 11.7 Å². The van der Waals surface area contributed by atoms with Crippen LogP contribution in [0.1, 0.15) is 51.5 Å². The zero-order chi connectivity index (χ0) is 13.0. The van der Waals surface area contributed by atoms with Crippen molar-refractivity contribution in [1.82, 2.24) is 0 Å². The van der Waals surface area contributed by atoms with Crippen molar-refractivity contribution in [3.05, 3.63) is 29.8 Å². The first-order chi connectivity index (χ1) is 8.70. The normalized spacial score (nSPS) is 26.1. The van der Waals surface area contributed by atoms with Crippen molar-refractivity contribution < 1.29 is 9.84 Å². The molecule has 1 N–H and O–H groups in total. The molecule has 0 radical (unpaired) electrons. The zero-order valence-corrected chi connectivity index (χ0v) is 11.5. The van der Waals surface area contributed by atoms with Crippen LogP contribution in [0.5, 0.6) is 5.75 Å². The Morgan fingerprint density at radius 3 is 2.56 bits per heavy atom. The molecular formula is C16H24O2. The van der Waals surface area contributed by atoms with Crippen molar-refractivity contribution in [2.75, 3.05) is 6.61 Å². The minimum Gasteiger partial charge on any atom is -0.494 e. The van der Waals surface area contributed by atoms with Gasteiger partial charge < -0.3 is 9.84 Å². The van der Waals surface area contributed by atoms with E-state index in [4.69, 9.17) is 4.74 Å². The van der Waals surface area contributed by atoms with Gasteiger partial charge in [-0.15, -0.1) is 0 Å². The first kappa shape index (κ1) is 13.4. The van der Waals surface area contributed by atoms with Crippen LogP contribution in [0.4, 0.5) is 0 Å².